The lowest BCUT2D eigenvalue weighted by molar-refractivity contribution is 0.0672. The predicted octanol–water partition coefficient (Wildman–Crippen LogP) is 1.96. The number of aromatic nitrogens is 1. The molecule has 1 aromatic heterocycles. The second-order valence-corrected chi connectivity index (χ2v) is 3.96. The van der Waals surface area contributed by atoms with Gasteiger partial charge < -0.3 is 19.5 Å². The Bertz CT molecular complexity index is 661. The molecule has 0 saturated heterocycles. The number of hydrogen-bond donors (Lipinski definition) is 2. The standard InChI is InChI=1S/C13H11NO6/c1-7-9(11(13(17)18)14-20-7)6-19-10-5-3-2-4-8(10)12(15)16/h2-5H,6H2,1H3,(H,15,16)(H,17,18). The third-order valence-electron chi connectivity index (χ3n) is 2.68. The molecule has 20 heavy (non-hydrogen) atoms. The molecule has 2 rings (SSSR count). The van der Waals surface area contributed by atoms with Gasteiger partial charge in [-0.25, -0.2) is 9.59 Å². The predicted molar refractivity (Wildman–Crippen MR) is 65.9 cm³/mol. The second kappa shape index (κ2) is 5.43. The maximum Gasteiger partial charge on any atom is 0.358 e. The molecule has 2 aromatic rings. The van der Waals surface area contributed by atoms with Crippen molar-refractivity contribution in [1.29, 1.82) is 0 Å². The lowest BCUT2D eigenvalue weighted by Crippen LogP contribution is -2.07. The summed E-state index contributed by atoms with van der Waals surface area (Å²) in [6.45, 7) is 1.42. The average molecular weight is 277 g/mol. The van der Waals surface area contributed by atoms with Gasteiger partial charge in [0.25, 0.3) is 0 Å². The van der Waals surface area contributed by atoms with E-state index in [2.05, 4.69) is 5.16 Å². The molecule has 0 aliphatic carbocycles. The van der Waals surface area contributed by atoms with Crippen molar-refractivity contribution in [3.63, 3.8) is 0 Å². The SMILES string of the molecule is Cc1onc(C(=O)O)c1COc1ccccc1C(=O)O. The Kier molecular flexibility index (Phi) is 3.69. The second-order valence-electron chi connectivity index (χ2n) is 3.96. The summed E-state index contributed by atoms with van der Waals surface area (Å²) in [7, 11) is 0. The first-order valence-corrected chi connectivity index (χ1v) is 5.64. The topological polar surface area (TPSA) is 110 Å². The summed E-state index contributed by atoms with van der Waals surface area (Å²) in [5.74, 6) is -1.89. The van der Waals surface area contributed by atoms with Crippen molar-refractivity contribution in [2.24, 2.45) is 0 Å². The minimum absolute atomic E-state index is 0.00141. The lowest BCUT2D eigenvalue weighted by atomic mass is 10.2. The van der Waals surface area contributed by atoms with Gasteiger partial charge in [-0.1, -0.05) is 17.3 Å². The highest BCUT2D eigenvalue weighted by molar-refractivity contribution is 5.90. The third kappa shape index (κ3) is 2.61. The van der Waals surface area contributed by atoms with Crippen LogP contribution in [0.15, 0.2) is 28.8 Å². The van der Waals surface area contributed by atoms with Crippen molar-refractivity contribution in [2.45, 2.75) is 13.5 Å². The Morgan fingerprint density at radius 1 is 1.25 bits per heavy atom. The molecule has 0 radical (unpaired) electrons. The molecule has 0 amide bonds. The van der Waals surface area contributed by atoms with Gasteiger partial charge in [0.05, 0.1) is 5.56 Å². The average Bonchev–Trinajstić information content (AvgIpc) is 2.78. The zero-order chi connectivity index (χ0) is 14.7. The van der Waals surface area contributed by atoms with Crippen LogP contribution in [0.2, 0.25) is 0 Å². The molecule has 0 fully saturated rings. The number of carboxylic acids is 2. The molecular weight excluding hydrogens is 266 g/mol. The Hall–Kier alpha value is -2.83. The van der Waals surface area contributed by atoms with Crippen LogP contribution in [0, 0.1) is 6.92 Å². The number of hydrogen-bond acceptors (Lipinski definition) is 5. The van der Waals surface area contributed by atoms with E-state index in [9.17, 15) is 9.59 Å². The van der Waals surface area contributed by atoms with Crippen molar-refractivity contribution in [3.05, 3.63) is 46.8 Å². The summed E-state index contributed by atoms with van der Waals surface area (Å²) in [6.07, 6.45) is 0. The minimum Gasteiger partial charge on any atom is -0.488 e. The fourth-order valence-electron chi connectivity index (χ4n) is 1.65. The number of para-hydroxylation sites is 1. The molecule has 1 heterocycles. The normalized spacial score (nSPS) is 10.2. The molecule has 2 N–H and O–H groups in total. The summed E-state index contributed by atoms with van der Waals surface area (Å²) in [4.78, 5) is 22.0. The van der Waals surface area contributed by atoms with Gasteiger partial charge in [0.15, 0.2) is 5.69 Å². The third-order valence-corrected chi connectivity index (χ3v) is 2.68. The van der Waals surface area contributed by atoms with Crippen LogP contribution in [0.25, 0.3) is 0 Å². The van der Waals surface area contributed by atoms with Gasteiger partial charge in [0.1, 0.15) is 23.7 Å². The molecule has 104 valence electrons. The fraction of sp³-hybridized carbons (Fsp3) is 0.154. The molecule has 0 atom stereocenters. The highest BCUT2D eigenvalue weighted by Gasteiger charge is 2.20. The van der Waals surface area contributed by atoms with E-state index in [4.69, 9.17) is 19.5 Å². The number of benzene rings is 1. The van der Waals surface area contributed by atoms with E-state index in [0.29, 0.717) is 5.76 Å². The maximum absolute atomic E-state index is 11.0. The van der Waals surface area contributed by atoms with E-state index >= 15 is 0 Å². The zero-order valence-corrected chi connectivity index (χ0v) is 10.5. The quantitative estimate of drug-likeness (QED) is 0.859. The Balaban J connectivity index is 2.24. The van der Waals surface area contributed by atoms with Crippen molar-refractivity contribution in [2.75, 3.05) is 0 Å². The highest BCUT2D eigenvalue weighted by atomic mass is 16.5. The first kappa shape index (κ1) is 13.6. The molecule has 0 spiro atoms. The van der Waals surface area contributed by atoms with Crippen LogP contribution in [0.3, 0.4) is 0 Å². The maximum atomic E-state index is 11.0. The monoisotopic (exact) mass is 277 g/mol. The van der Waals surface area contributed by atoms with Crippen molar-refractivity contribution < 1.29 is 29.1 Å². The van der Waals surface area contributed by atoms with E-state index in [1.165, 1.54) is 12.1 Å². The number of carbonyl (C=O) groups is 2. The summed E-state index contributed by atoms with van der Waals surface area (Å²) in [6, 6.07) is 6.09. The first-order valence-electron chi connectivity index (χ1n) is 5.64. The highest BCUT2D eigenvalue weighted by Crippen LogP contribution is 2.21. The first-order chi connectivity index (χ1) is 9.50. The number of rotatable bonds is 5. The summed E-state index contributed by atoms with van der Waals surface area (Å²) >= 11 is 0. The van der Waals surface area contributed by atoms with E-state index in [-0.39, 0.29) is 29.2 Å². The van der Waals surface area contributed by atoms with Crippen LogP contribution in [-0.2, 0) is 6.61 Å². The minimum atomic E-state index is -1.23. The fourth-order valence-corrected chi connectivity index (χ4v) is 1.65. The smallest absolute Gasteiger partial charge is 0.358 e. The number of carboxylic acid groups (broad SMARTS) is 2. The van der Waals surface area contributed by atoms with Crippen LogP contribution < -0.4 is 4.74 Å². The largest absolute Gasteiger partial charge is 0.488 e. The van der Waals surface area contributed by atoms with Gasteiger partial charge >= 0.3 is 11.9 Å². The van der Waals surface area contributed by atoms with Crippen LogP contribution in [0.4, 0.5) is 0 Å². The van der Waals surface area contributed by atoms with Crippen LogP contribution in [0.1, 0.15) is 32.2 Å². The van der Waals surface area contributed by atoms with E-state index in [0.717, 1.165) is 0 Å². The zero-order valence-electron chi connectivity index (χ0n) is 10.5. The molecule has 7 heteroatoms. The van der Waals surface area contributed by atoms with Crippen molar-refractivity contribution in [1.82, 2.24) is 5.16 Å². The molecule has 1 aromatic carbocycles. The van der Waals surface area contributed by atoms with Crippen LogP contribution in [-0.4, -0.2) is 27.3 Å². The lowest BCUT2D eigenvalue weighted by Gasteiger charge is -2.08. The Morgan fingerprint density at radius 2 is 1.95 bits per heavy atom. The number of aryl methyl sites for hydroxylation is 1. The number of nitrogens with zero attached hydrogens (tertiary/aromatic N) is 1. The molecule has 0 saturated carbocycles. The van der Waals surface area contributed by atoms with Gasteiger partial charge in [0, 0.05) is 0 Å². The molecule has 0 bridgehead atoms. The van der Waals surface area contributed by atoms with Gasteiger partial charge in [0.2, 0.25) is 0 Å². The van der Waals surface area contributed by atoms with Crippen molar-refractivity contribution in [3.8, 4) is 5.75 Å². The van der Waals surface area contributed by atoms with Crippen molar-refractivity contribution >= 4 is 11.9 Å². The van der Waals surface area contributed by atoms with Gasteiger partial charge in [-0.2, -0.15) is 0 Å². The van der Waals surface area contributed by atoms with E-state index < -0.39 is 11.9 Å². The molecular formula is C13H11NO6. The molecule has 0 aliphatic rings. The van der Waals surface area contributed by atoms with E-state index in [1.807, 2.05) is 0 Å². The van der Waals surface area contributed by atoms with E-state index in [1.54, 1.807) is 19.1 Å². The summed E-state index contributed by atoms with van der Waals surface area (Å²) < 4.78 is 10.2. The molecule has 7 nitrogen and oxygen atoms in total. The number of aromatic carboxylic acids is 2. The van der Waals surface area contributed by atoms with Gasteiger partial charge in [-0.05, 0) is 19.1 Å². The van der Waals surface area contributed by atoms with Gasteiger partial charge in [-0.3, -0.25) is 0 Å². The van der Waals surface area contributed by atoms with Crippen LogP contribution >= 0.6 is 0 Å². The molecule has 0 unspecified atom stereocenters. The molecule has 0 aliphatic heterocycles. The Morgan fingerprint density at radius 3 is 2.60 bits per heavy atom. The van der Waals surface area contributed by atoms with Crippen LogP contribution in [0.5, 0.6) is 5.75 Å². The Labute approximate surface area is 113 Å². The number of ether oxygens (including phenoxy) is 1. The summed E-state index contributed by atoms with van der Waals surface area (Å²) in [5, 5.41) is 21.4. The van der Waals surface area contributed by atoms with Gasteiger partial charge in [-0.15, -0.1) is 0 Å². The summed E-state index contributed by atoms with van der Waals surface area (Å²) in [5.41, 5.74) is 0.0338.